The fourth-order valence-corrected chi connectivity index (χ4v) is 2.75. The number of anilines is 1. The Hall–Kier alpha value is -2.74. The van der Waals surface area contributed by atoms with Gasteiger partial charge in [-0.05, 0) is 12.1 Å². The third-order valence-corrected chi connectivity index (χ3v) is 3.86. The third-order valence-electron chi connectivity index (χ3n) is 3.86. The van der Waals surface area contributed by atoms with Gasteiger partial charge in [-0.1, -0.05) is 0 Å². The molecule has 1 aliphatic rings. The fraction of sp³-hybridized carbons (Fsp3) is 0.385. The van der Waals surface area contributed by atoms with Gasteiger partial charge in [0.05, 0.1) is 18.2 Å². The van der Waals surface area contributed by atoms with Gasteiger partial charge in [0.15, 0.2) is 5.82 Å². The van der Waals surface area contributed by atoms with Crippen molar-refractivity contribution in [2.24, 2.45) is 0 Å². The summed E-state index contributed by atoms with van der Waals surface area (Å²) in [5.41, 5.74) is 4.28. The van der Waals surface area contributed by atoms with Gasteiger partial charge in [-0.15, -0.1) is 0 Å². The van der Waals surface area contributed by atoms with Crippen LogP contribution in [0, 0.1) is 11.3 Å². The molecule has 3 rings (SSSR count). The molecule has 4 atom stereocenters. The minimum Gasteiger partial charge on any atom is -0.481 e. The summed E-state index contributed by atoms with van der Waals surface area (Å²) in [4.78, 5) is 14.7. The van der Waals surface area contributed by atoms with Gasteiger partial charge in [-0.2, -0.15) is 10.4 Å². The van der Waals surface area contributed by atoms with Crippen molar-refractivity contribution in [2.75, 3.05) is 5.73 Å². The van der Waals surface area contributed by atoms with E-state index in [4.69, 9.17) is 15.6 Å². The summed E-state index contributed by atoms with van der Waals surface area (Å²) < 4.78 is 6.73. The van der Waals surface area contributed by atoms with Crippen molar-refractivity contribution in [3.05, 3.63) is 24.2 Å². The van der Waals surface area contributed by atoms with Gasteiger partial charge in [-0.3, -0.25) is 4.79 Å². The summed E-state index contributed by atoms with van der Waals surface area (Å²) in [5.74, 6) is -1.06. The zero-order valence-electron chi connectivity index (χ0n) is 11.7. The van der Waals surface area contributed by atoms with Gasteiger partial charge in [0.2, 0.25) is 5.60 Å². The summed E-state index contributed by atoms with van der Waals surface area (Å²) in [6.07, 6.45) is -3.79. The van der Waals surface area contributed by atoms with E-state index in [9.17, 15) is 20.3 Å². The zero-order valence-corrected chi connectivity index (χ0v) is 11.7. The molecule has 0 spiro atoms. The third kappa shape index (κ3) is 2.10. The maximum atomic E-state index is 10.9. The summed E-state index contributed by atoms with van der Waals surface area (Å²) in [6, 6.07) is 4.83. The predicted octanol–water partition coefficient (Wildman–Crippen LogP) is -1.37. The smallest absolute Gasteiger partial charge is 0.306 e. The molecule has 0 saturated carbocycles. The standard InChI is InChI=1S/C13H13N5O5/c14-4-13(11(22)10(21)7(23-13)3-9(19)20)8-2-1-6-12(15)16-5-17-18(6)8/h1-2,5,7,10-11,21-22H,3H2,(H,19,20)(H2,15,16,17)/t7-,10-,11-,13+/m1/s1. The molecule has 1 aliphatic heterocycles. The van der Waals surface area contributed by atoms with Crippen molar-refractivity contribution in [3.8, 4) is 6.07 Å². The molecule has 0 bridgehead atoms. The molecule has 1 saturated heterocycles. The minimum absolute atomic E-state index is 0.128. The van der Waals surface area contributed by atoms with Gasteiger partial charge in [0.25, 0.3) is 0 Å². The summed E-state index contributed by atoms with van der Waals surface area (Å²) in [5, 5.41) is 42.8. The number of hydrogen-bond acceptors (Lipinski definition) is 8. The van der Waals surface area contributed by atoms with E-state index < -0.39 is 36.3 Å². The first kappa shape index (κ1) is 15.2. The quantitative estimate of drug-likeness (QED) is 0.533. The van der Waals surface area contributed by atoms with Crippen LogP contribution in [0.15, 0.2) is 18.5 Å². The van der Waals surface area contributed by atoms with Crippen molar-refractivity contribution in [1.29, 1.82) is 5.26 Å². The lowest BCUT2D eigenvalue weighted by Gasteiger charge is -2.24. The first-order chi connectivity index (χ1) is 10.9. The van der Waals surface area contributed by atoms with E-state index in [1.807, 2.05) is 6.07 Å². The molecule has 0 amide bonds. The monoisotopic (exact) mass is 319 g/mol. The van der Waals surface area contributed by atoms with Gasteiger partial charge in [-0.25, -0.2) is 9.50 Å². The number of aliphatic carboxylic acids is 1. The Morgan fingerprint density at radius 2 is 2.26 bits per heavy atom. The summed E-state index contributed by atoms with van der Waals surface area (Å²) in [6.45, 7) is 0. The molecule has 10 nitrogen and oxygen atoms in total. The second-order valence-electron chi connectivity index (χ2n) is 5.20. The van der Waals surface area contributed by atoms with E-state index in [1.165, 1.54) is 23.0 Å². The van der Waals surface area contributed by atoms with Gasteiger partial charge in [0, 0.05) is 0 Å². The number of hydrogen-bond donors (Lipinski definition) is 4. The Balaban J connectivity index is 2.12. The number of carboxylic acids is 1. The van der Waals surface area contributed by atoms with Crippen LogP contribution in [-0.2, 0) is 15.1 Å². The molecule has 0 radical (unpaired) electrons. The van der Waals surface area contributed by atoms with Crippen molar-refractivity contribution in [1.82, 2.24) is 14.6 Å². The number of aliphatic hydroxyl groups excluding tert-OH is 2. The number of nitriles is 1. The topological polar surface area (TPSA) is 167 Å². The van der Waals surface area contributed by atoms with Crippen LogP contribution in [0.4, 0.5) is 5.82 Å². The van der Waals surface area contributed by atoms with Crippen molar-refractivity contribution < 1.29 is 24.9 Å². The predicted molar refractivity (Wildman–Crippen MR) is 73.8 cm³/mol. The first-order valence-corrected chi connectivity index (χ1v) is 6.66. The molecule has 23 heavy (non-hydrogen) atoms. The maximum Gasteiger partial charge on any atom is 0.306 e. The van der Waals surface area contributed by atoms with Crippen LogP contribution >= 0.6 is 0 Å². The molecule has 2 aromatic heterocycles. The Bertz CT molecular complexity index is 815. The van der Waals surface area contributed by atoms with Crippen LogP contribution < -0.4 is 5.73 Å². The lowest BCUT2D eigenvalue weighted by atomic mass is 9.92. The summed E-state index contributed by atoms with van der Waals surface area (Å²) in [7, 11) is 0. The van der Waals surface area contributed by atoms with Gasteiger partial charge >= 0.3 is 5.97 Å². The molecule has 3 heterocycles. The Morgan fingerprint density at radius 3 is 2.91 bits per heavy atom. The summed E-state index contributed by atoms with van der Waals surface area (Å²) >= 11 is 0. The first-order valence-electron chi connectivity index (χ1n) is 6.66. The van der Waals surface area contributed by atoms with Crippen LogP contribution in [0.2, 0.25) is 0 Å². The van der Waals surface area contributed by atoms with E-state index in [1.54, 1.807) is 0 Å². The fourth-order valence-electron chi connectivity index (χ4n) is 2.75. The maximum absolute atomic E-state index is 10.9. The minimum atomic E-state index is -1.97. The van der Waals surface area contributed by atoms with Crippen LogP contribution in [-0.4, -0.2) is 54.2 Å². The number of carboxylic acid groups (broad SMARTS) is 1. The number of carbonyl (C=O) groups is 1. The van der Waals surface area contributed by atoms with Gasteiger partial charge < -0.3 is 25.8 Å². The number of ether oxygens (including phenoxy) is 1. The number of rotatable bonds is 3. The Kier molecular flexibility index (Phi) is 3.41. The second kappa shape index (κ2) is 5.17. The SMILES string of the molecule is N#C[C@@]1(c2ccc3c(N)ncnn23)O[C@H](CC(=O)O)[C@@H](O)[C@H]1O. The van der Waals surface area contributed by atoms with E-state index in [0.29, 0.717) is 5.52 Å². The number of fused-ring (bicyclic) bond motifs is 1. The number of aliphatic hydroxyl groups is 2. The molecular formula is C13H13N5O5. The number of nitrogen functional groups attached to an aromatic ring is 1. The van der Waals surface area contributed by atoms with Crippen LogP contribution in [0.25, 0.3) is 5.52 Å². The van der Waals surface area contributed by atoms with Crippen molar-refractivity contribution in [3.63, 3.8) is 0 Å². The van der Waals surface area contributed by atoms with E-state index in [2.05, 4.69) is 10.1 Å². The number of nitrogens with two attached hydrogens (primary N) is 1. The molecule has 120 valence electrons. The average Bonchev–Trinajstić information content (AvgIpc) is 3.04. The van der Waals surface area contributed by atoms with Crippen LogP contribution in [0.3, 0.4) is 0 Å². The number of nitrogens with zero attached hydrogens (tertiary/aromatic N) is 4. The van der Waals surface area contributed by atoms with Crippen LogP contribution in [0.5, 0.6) is 0 Å². The molecule has 0 aromatic carbocycles. The molecular weight excluding hydrogens is 306 g/mol. The van der Waals surface area contributed by atoms with Crippen molar-refractivity contribution in [2.45, 2.75) is 30.3 Å². The van der Waals surface area contributed by atoms with E-state index in [-0.39, 0.29) is 11.5 Å². The Morgan fingerprint density at radius 1 is 1.52 bits per heavy atom. The molecule has 2 aromatic rings. The highest BCUT2D eigenvalue weighted by atomic mass is 16.6. The zero-order chi connectivity index (χ0) is 16.8. The van der Waals surface area contributed by atoms with Crippen molar-refractivity contribution >= 4 is 17.3 Å². The largest absolute Gasteiger partial charge is 0.481 e. The lowest BCUT2D eigenvalue weighted by Crippen LogP contribution is -2.40. The Labute approximate surface area is 129 Å². The van der Waals surface area contributed by atoms with Crippen LogP contribution in [0.1, 0.15) is 12.1 Å². The van der Waals surface area contributed by atoms with Gasteiger partial charge in [0.1, 0.15) is 30.1 Å². The number of aromatic nitrogens is 3. The highest BCUT2D eigenvalue weighted by molar-refractivity contribution is 5.68. The second-order valence-corrected chi connectivity index (χ2v) is 5.20. The molecule has 10 heteroatoms. The lowest BCUT2D eigenvalue weighted by molar-refractivity contribution is -0.142. The molecule has 0 unspecified atom stereocenters. The van der Waals surface area contributed by atoms with E-state index >= 15 is 0 Å². The molecule has 0 aliphatic carbocycles. The molecule has 1 fully saturated rings. The molecule has 5 N–H and O–H groups in total. The normalized spacial score (nSPS) is 30.4. The highest BCUT2D eigenvalue weighted by Crippen LogP contribution is 2.41. The average molecular weight is 319 g/mol. The highest BCUT2D eigenvalue weighted by Gasteiger charge is 2.57. The van der Waals surface area contributed by atoms with E-state index in [0.717, 1.165) is 0 Å².